The van der Waals surface area contributed by atoms with Gasteiger partial charge in [-0.15, -0.1) is 11.8 Å². The molecule has 0 aliphatic heterocycles. The average molecular weight is 400 g/mol. The Labute approximate surface area is 170 Å². The summed E-state index contributed by atoms with van der Waals surface area (Å²) in [5, 5.41) is 2.74. The molecule has 0 saturated heterocycles. The molecule has 0 aliphatic carbocycles. The highest BCUT2D eigenvalue weighted by molar-refractivity contribution is 7.99. The van der Waals surface area contributed by atoms with Crippen LogP contribution in [-0.2, 0) is 14.3 Å². The van der Waals surface area contributed by atoms with Gasteiger partial charge in [-0.25, -0.2) is 4.79 Å². The summed E-state index contributed by atoms with van der Waals surface area (Å²) in [4.78, 5) is 24.7. The summed E-state index contributed by atoms with van der Waals surface area (Å²) in [5.74, 6) is 0.547. The van der Waals surface area contributed by atoms with E-state index in [0.717, 1.165) is 16.2 Å². The van der Waals surface area contributed by atoms with Crippen molar-refractivity contribution >= 4 is 29.7 Å². The van der Waals surface area contributed by atoms with Gasteiger partial charge in [-0.05, 0) is 38.1 Å². The van der Waals surface area contributed by atoms with Crippen LogP contribution in [0.4, 0.5) is 0 Å². The summed E-state index contributed by atoms with van der Waals surface area (Å²) in [5.41, 5.74) is 1.99. The van der Waals surface area contributed by atoms with E-state index in [0.29, 0.717) is 18.9 Å². The predicted octanol–water partition coefficient (Wildman–Crippen LogP) is 3.86. The Morgan fingerprint density at radius 2 is 1.86 bits per heavy atom. The van der Waals surface area contributed by atoms with E-state index in [4.69, 9.17) is 9.47 Å². The molecule has 1 N–H and O–H groups in total. The van der Waals surface area contributed by atoms with Gasteiger partial charge < -0.3 is 14.8 Å². The second kappa shape index (κ2) is 11.9. The molecular formula is C22H25NO4S. The summed E-state index contributed by atoms with van der Waals surface area (Å²) in [7, 11) is 0. The Balaban J connectivity index is 1.66. The molecule has 0 atom stereocenters. The summed E-state index contributed by atoms with van der Waals surface area (Å²) >= 11 is 1.66. The van der Waals surface area contributed by atoms with Gasteiger partial charge in [0.1, 0.15) is 5.75 Å². The lowest BCUT2D eigenvalue weighted by molar-refractivity contribution is -0.143. The molecule has 0 fully saturated rings. The van der Waals surface area contributed by atoms with Gasteiger partial charge in [0.15, 0.2) is 6.61 Å². The van der Waals surface area contributed by atoms with E-state index in [1.165, 1.54) is 11.6 Å². The average Bonchev–Trinajstić information content (AvgIpc) is 2.70. The van der Waals surface area contributed by atoms with E-state index < -0.39 is 5.97 Å². The fraction of sp³-hybridized carbons (Fsp3) is 0.273. The van der Waals surface area contributed by atoms with Crippen molar-refractivity contribution in [2.75, 3.05) is 25.5 Å². The maximum Gasteiger partial charge on any atom is 0.331 e. The zero-order valence-corrected chi connectivity index (χ0v) is 17.0. The number of esters is 1. The van der Waals surface area contributed by atoms with Gasteiger partial charge >= 0.3 is 5.97 Å². The molecule has 0 heterocycles. The molecule has 6 heteroatoms. The molecule has 0 radical (unpaired) electrons. The molecule has 0 aromatic heterocycles. The Bertz CT molecular complexity index is 802. The van der Waals surface area contributed by atoms with E-state index in [-0.39, 0.29) is 12.5 Å². The van der Waals surface area contributed by atoms with Crippen molar-refractivity contribution in [3.05, 3.63) is 65.7 Å². The van der Waals surface area contributed by atoms with Crippen molar-refractivity contribution in [2.24, 2.45) is 0 Å². The quantitative estimate of drug-likeness (QED) is 0.284. The normalized spacial score (nSPS) is 10.6. The molecule has 0 aliphatic rings. The highest BCUT2D eigenvalue weighted by atomic mass is 32.2. The van der Waals surface area contributed by atoms with Gasteiger partial charge in [0.05, 0.1) is 6.61 Å². The first-order valence-corrected chi connectivity index (χ1v) is 10.1. The van der Waals surface area contributed by atoms with Gasteiger partial charge in [-0.3, -0.25) is 4.79 Å². The van der Waals surface area contributed by atoms with Crippen LogP contribution in [0.5, 0.6) is 5.75 Å². The third kappa shape index (κ3) is 7.88. The van der Waals surface area contributed by atoms with Crippen LogP contribution in [0.3, 0.4) is 0 Å². The number of hydrogen-bond acceptors (Lipinski definition) is 5. The Kier molecular flexibility index (Phi) is 9.15. The van der Waals surface area contributed by atoms with E-state index in [1.807, 2.05) is 38.1 Å². The summed E-state index contributed by atoms with van der Waals surface area (Å²) in [6.07, 6.45) is 2.90. The lowest BCUT2D eigenvalue weighted by Crippen LogP contribution is -2.30. The van der Waals surface area contributed by atoms with Gasteiger partial charge in [0, 0.05) is 28.8 Å². The van der Waals surface area contributed by atoms with Crippen LogP contribution >= 0.6 is 11.8 Å². The highest BCUT2D eigenvalue weighted by Crippen LogP contribution is 2.19. The molecule has 0 saturated carbocycles. The van der Waals surface area contributed by atoms with Crippen LogP contribution < -0.4 is 10.1 Å². The lowest BCUT2D eigenvalue weighted by Gasteiger charge is -2.07. The number of aryl methyl sites for hydroxylation is 1. The second-order valence-electron chi connectivity index (χ2n) is 5.92. The molecule has 2 rings (SSSR count). The molecule has 1 amide bonds. The number of carbonyl (C=O) groups is 2. The van der Waals surface area contributed by atoms with E-state index in [1.54, 1.807) is 17.8 Å². The number of amides is 1. The molecule has 5 nitrogen and oxygen atoms in total. The Hall–Kier alpha value is -2.73. The molecule has 2 aromatic rings. The third-order valence-electron chi connectivity index (χ3n) is 3.68. The summed E-state index contributed by atoms with van der Waals surface area (Å²) in [6.45, 7) is 4.69. The first-order chi connectivity index (χ1) is 13.6. The number of carbonyl (C=O) groups excluding carboxylic acids is 2. The number of thioether (sulfide) groups is 1. The number of rotatable bonds is 10. The minimum absolute atomic E-state index is 0.300. The maximum atomic E-state index is 11.8. The van der Waals surface area contributed by atoms with Gasteiger partial charge in [0.25, 0.3) is 5.91 Å². The number of ether oxygens (including phenoxy) is 2. The van der Waals surface area contributed by atoms with Crippen molar-refractivity contribution in [2.45, 2.75) is 18.7 Å². The summed E-state index contributed by atoms with van der Waals surface area (Å²) in [6, 6.07) is 15.6. The largest absolute Gasteiger partial charge is 0.493 e. The maximum absolute atomic E-state index is 11.8. The minimum Gasteiger partial charge on any atom is -0.493 e. The van der Waals surface area contributed by atoms with E-state index in [9.17, 15) is 9.59 Å². The summed E-state index contributed by atoms with van der Waals surface area (Å²) < 4.78 is 10.5. The predicted molar refractivity (Wildman–Crippen MR) is 113 cm³/mol. The zero-order valence-electron chi connectivity index (χ0n) is 16.1. The lowest BCUT2D eigenvalue weighted by atomic mass is 10.2. The number of benzene rings is 2. The molecule has 0 unspecified atom stereocenters. The molecular weight excluding hydrogens is 374 g/mol. The zero-order chi connectivity index (χ0) is 20.2. The number of para-hydroxylation sites is 1. The van der Waals surface area contributed by atoms with Crippen LogP contribution in [0, 0.1) is 6.92 Å². The Morgan fingerprint density at radius 1 is 1.11 bits per heavy atom. The van der Waals surface area contributed by atoms with E-state index >= 15 is 0 Å². The molecule has 2 aromatic carbocycles. The van der Waals surface area contributed by atoms with Crippen LogP contribution in [-0.4, -0.2) is 37.4 Å². The molecule has 0 spiro atoms. The molecule has 148 valence electrons. The van der Waals surface area contributed by atoms with Gasteiger partial charge in [-0.2, -0.15) is 0 Å². The Morgan fingerprint density at radius 3 is 2.61 bits per heavy atom. The van der Waals surface area contributed by atoms with Crippen molar-refractivity contribution in [3.8, 4) is 5.75 Å². The third-order valence-corrected chi connectivity index (χ3v) is 4.69. The van der Waals surface area contributed by atoms with Crippen molar-refractivity contribution in [1.82, 2.24) is 5.32 Å². The number of hydrogen-bond donors (Lipinski definition) is 1. The fourth-order valence-corrected chi connectivity index (χ4v) is 3.06. The van der Waals surface area contributed by atoms with Crippen LogP contribution in [0.2, 0.25) is 0 Å². The first kappa shape index (κ1) is 21.6. The molecule has 0 bridgehead atoms. The smallest absolute Gasteiger partial charge is 0.331 e. The number of nitrogens with one attached hydrogen (secondary N) is 1. The van der Waals surface area contributed by atoms with Crippen LogP contribution in [0.15, 0.2) is 59.5 Å². The topological polar surface area (TPSA) is 64.6 Å². The van der Waals surface area contributed by atoms with Crippen LogP contribution in [0.1, 0.15) is 18.1 Å². The van der Waals surface area contributed by atoms with Crippen LogP contribution in [0.25, 0.3) is 6.08 Å². The van der Waals surface area contributed by atoms with Crippen molar-refractivity contribution < 1.29 is 19.1 Å². The standard InChI is InChI=1S/C22H25NO4S/c1-3-26-20-7-5-4-6-18(20)10-13-22(25)27-16-21(24)23-14-15-28-19-11-8-17(2)9-12-19/h4-13H,3,14-16H2,1-2H3,(H,23,24)/b13-10+. The SMILES string of the molecule is CCOc1ccccc1/C=C/C(=O)OCC(=O)NCCSc1ccc(C)cc1. The highest BCUT2D eigenvalue weighted by Gasteiger charge is 2.05. The fourth-order valence-electron chi connectivity index (χ4n) is 2.29. The van der Waals surface area contributed by atoms with Gasteiger partial charge in [0.2, 0.25) is 0 Å². The van der Waals surface area contributed by atoms with Crippen molar-refractivity contribution in [1.29, 1.82) is 0 Å². The van der Waals surface area contributed by atoms with Crippen molar-refractivity contribution in [3.63, 3.8) is 0 Å². The van der Waals surface area contributed by atoms with E-state index in [2.05, 4.69) is 29.6 Å². The molecule has 28 heavy (non-hydrogen) atoms. The first-order valence-electron chi connectivity index (χ1n) is 9.11. The monoisotopic (exact) mass is 399 g/mol. The van der Waals surface area contributed by atoms with Gasteiger partial charge in [-0.1, -0.05) is 35.9 Å². The second-order valence-corrected chi connectivity index (χ2v) is 7.09. The minimum atomic E-state index is -0.574.